The standard InChI is InChI=1S/C73H137N2O7P/c1-7-10-13-16-19-22-25-27-29-31-33-34-35-36-37-38-39-40-42-43-45-47-50-53-56-59-62-65-72(76)74-70(69-81-83(78,79)80-68-67-75(4,5)6)71(64-61-58-55-52-49-24-21-18-15-12-9-3)82-73(77)66-63-60-57-54-51-48-46-44-41-32-30-28-26-23-20-17-14-11-8-2/h20,23,28,30,41,44,48,51,61,64,70-71H,7-19,21-22,24-27,29,31-40,42-43,45-47,49-50,52-60,62-63,65-69H2,1-6H3,(H-,74,76,78,79)/b23-20-,30-28-,44-41-,51-48-,64-61-. The highest BCUT2D eigenvalue weighted by molar-refractivity contribution is 7.45. The van der Waals surface area contributed by atoms with Crippen molar-refractivity contribution in [1.29, 1.82) is 0 Å². The third-order valence-electron chi connectivity index (χ3n) is 16.0. The third-order valence-corrected chi connectivity index (χ3v) is 16.9. The van der Waals surface area contributed by atoms with Crippen molar-refractivity contribution < 1.29 is 37.3 Å². The van der Waals surface area contributed by atoms with Crippen molar-refractivity contribution in [3.8, 4) is 0 Å². The third kappa shape index (κ3) is 64.0. The Hall–Kier alpha value is -2.29. The molecular weight excluding hydrogens is 1050 g/mol. The Morgan fingerprint density at radius 3 is 1.13 bits per heavy atom. The number of ether oxygens (including phenoxy) is 1. The number of carbonyl (C=O) groups is 2. The molecule has 0 aliphatic rings. The van der Waals surface area contributed by atoms with Crippen LogP contribution in [-0.4, -0.2) is 69.4 Å². The summed E-state index contributed by atoms with van der Waals surface area (Å²) in [6, 6.07) is -0.901. The van der Waals surface area contributed by atoms with Crippen molar-refractivity contribution in [2.24, 2.45) is 0 Å². The van der Waals surface area contributed by atoms with E-state index in [1.165, 1.54) is 225 Å². The first-order valence-corrected chi connectivity index (χ1v) is 37.1. The minimum atomic E-state index is -4.71. The monoisotopic (exact) mass is 1190 g/mol. The zero-order valence-corrected chi connectivity index (χ0v) is 56.6. The van der Waals surface area contributed by atoms with Gasteiger partial charge in [-0.25, -0.2) is 0 Å². The van der Waals surface area contributed by atoms with E-state index in [-0.39, 0.29) is 24.9 Å². The van der Waals surface area contributed by atoms with Gasteiger partial charge in [0.15, 0.2) is 0 Å². The molecule has 0 saturated heterocycles. The van der Waals surface area contributed by atoms with Crippen LogP contribution in [-0.2, 0) is 27.9 Å². The minimum absolute atomic E-state index is 0.0274. The van der Waals surface area contributed by atoms with Crippen LogP contribution in [0.1, 0.15) is 342 Å². The van der Waals surface area contributed by atoms with Gasteiger partial charge in [-0.1, -0.05) is 313 Å². The van der Waals surface area contributed by atoms with Gasteiger partial charge in [0.05, 0.1) is 33.8 Å². The first-order valence-electron chi connectivity index (χ1n) is 35.6. The van der Waals surface area contributed by atoms with E-state index in [2.05, 4.69) is 74.7 Å². The van der Waals surface area contributed by atoms with Crippen LogP contribution in [0.5, 0.6) is 0 Å². The Morgan fingerprint density at radius 2 is 0.735 bits per heavy atom. The molecule has 0 bridgehead atoms. The van der Waals surface area contributed by atoms with Gasteiger partial charge in [-0.3, -0.25) is 14.2 Å². The van der Waals surface area contributed by atoms with Crippen molar-refractivity contribution in [3.05, 3.63) is 60.8 Å². The number of allylic oxidation sites excluding steroid dienone is 9. The van der Waals surface area contributed by atoms with Crippen LogP contribution in [0.3, 0.4) is 0 Å². The van der Waals surface area contributed by atoms with Gasteiger partial charge in [0.25, 0.3) is 7.82 Å². The highest BCUT2D eigenvalue weighted by atomic mass is 31.2. The molecule has 3 atom stereocenters. The van der Waals surface area contributed by atoms with Crippen LogP contribution in [0.2, 0.25) is 0 Å². The van der Waals surface area contributed by atoms with Gasteiger partial charge < -0.3 is 28.5 Å². The summed E-state index contributed by atoms with van der Waals surface area (Å²) in [6.45, 7) is 6.83. The molecule has 486 valence electrons. The number of quaternary nitrogens is 1. The number of hydrogen-bond donors (Lipinski definition) is 1. The molecule has 0 heterocycles. The molecule has 0 aliphatic heterocycles. The second-order valence-corrected chi connectivity index (χ2v) is 26.8. The molecular formula is C73H137N2O7P. The second-order valence-electron chi connectivity index (χ2n) is 25.4. The summed E-state index contributed by atoms with van der Waals surface area (Å²) in [7, 11) is 1.17. The van der Waals surface area contributed by atoms with Crippen molar-refractivity contribution in [2.75, 3.05) is 40.9 Å². The molecule has 9 nitrogen and oxygen atoms in total. The summed E-state index contributed by atoms with van der Waals surface area (Å²) in [5.41, 5.74) is 0. The highest BCUT2D eigenvalue weighted by Crippen LogP contribution is 2.38. The van der Waals surface area contributed by atoms with Crippen molar-refractivity contribution in [3.63, 3.8) is 0 Å². The van der Waals surface area contributed by atoms with E-state index < -0.39 is 26.6 Å². The van der Waals surface area contributed by atoms with E-state index in [1.54, 1.807) is 0 Å². The maximum absolute atomic E-state index is 13.6. The van der Waals surface area contributed by atoms with E-state index in [4.69, 9.17) is 13.8 Å². The Labute approximate surface area is 515 Å². The normalized spacial score (nSPS) is 13.9. The summed E-state index contributed by atoms with van der Waals surface area (Å²) in [5, 5.41) is 3.03. The molecule has 1 N–H and O–H groups in total. The molecule has 0 rings (SSSR count). The molecule has 0 fully saturated rings. The summed E-state index contributed by atoms with van der Waals surface area (Å²) in [4.78, 5) is 40.1. The fourth-order valence-electron chi connectivity index (χ4n) is 10.4. The maximum atomic E-state index is 13.6. The van der Waals surface area contributed by atoms with E-state index in [1.807, 2.05) is 33.3 Å². The first kappa shape index (κ1) is 80.7. The lowest BCUT2D eigenvalue weighted by Crippen LogP contribution is -2.47. The van der Waals surface area contributed by atoms with Gasteiger partial charge in [-0.2, -0.15) is 0 Å². The first-order chi connectivity index (χ1) is 40.4. The predicted molar refractivity (Wildman–Crippen MR) is 358 cm³/mol. The van der Waals surface area contributed by atoms with Gasteiger partial charge in [0.1, 0.15) is 19.3 Å². The lowest BCUT2D eigenvalue weighted by Gasteiger charge is -2.30. The molecule has 0 spiro atoms. The molecule has 3 unspecified atom stereocenters. The summed E-state index contributed by atoms with van der Waals surface area (Å²) in [6.07, 6.45) is 80.7. The van der Waals surface area contributed by atoms with Crippen LogP contribution in [0.25, 0.3) is 0 Å². The fraction of sp³-hybridized carbons (Fsp3) is 0.836. The Balaban J connectivity index is 5.00. The van der Waals surface area contributed by atoms with E-state index in [0.29, 0.717) is 23.9 Å². The molecule has 0 aromatic heterocycles. The summed E-state index contributed by atoms with van der Waals surface area (Å²) in [5.74, 6) is -0.565. The summed E-state index contributed by atoms with van der Waals surface area (Å²) < 4.78 is 30.4. The van der Waals surface area contributed by atoms with Crippen LogP contribution in [0.4, 0.5) is 0 Å². The molecule has 0 radical (unpaired) electrons. The topological polar surface area (TPSA) is 114 Å². The molecule has 10 heteroatoms. The molecule has 1 amide bonds. The van der Waals surface area contributed by atoms with Crippen LogP contribution in [0.15, 0.2) is 60.8 Å². The number of nitrogens with zero attached hydrogens (tertiary/aromatic N) is 1. The smallest absolute Gasteiger partial charge is 0.306 e. The summed E-state index contributed by atoms with van der Waals surface area (Å²) >= 11 is 0. The SMILES string of the molecule is CCCCC/C=C\C/C=C\C/C=C\C/C=C\CCCCCC(=O)OC(/C=C\CCCCCCCCCCC)C(COP(=O)([O-])OCC[N+](C)(C)C)NC(=O)CCCCCCCCCCCCCCCCCCCCCCCCCCCCC. The number of rotatable bonds is 65. The van der Waals surface area contributed by atoms with E-state index in [9.17, 15) is 19.0 Å². The van der Waals surface area contributed by atoms with Crippen molar-refractivity contribution in [2.45, 2.75) is 354 Å². The number of unbranched alkanes of at least 4 members (excludes halogenated alkanes) is 41. The Kier molecular flexibility index (Phi) is 61.0. The van der Waals surface area contributed by atoms with Gasteiger partial charge in [-0.15, -0.1) is 0 Å². The fourth-order valence-corrected chi connectivity index (χ4v) is 11.2. The number of phosphoric acid groups is 1. The average Bonchev–Trinajstić information content (AvgIpc) is 3.51. The maximum Gasteiger partial charge on any atom is 0.306 e. The number of esters is 1. The average molecular weight is 1190 g/mol. The molecule has 0 aromatic carbocycles. The highest BCUT2D eigenvalue weighted by Gasteiger charge is 2.27. The largest absolute Gasteiger partial charge is 0.756 e. The Morgan fingerprint density at radius 1 is 0.422 bits per heavy atom. The number of likely N-dealkylation sites (N-methyl/N-ethyl adjacent to an activating group) is 1. The number of nitrogens with one attached hydrogen (secondary N) is 1. The quantitative estimate of drug-likeness (QED) is 0.0212. The minimum Gasteiger partial charge on any atom is -0.756 e. The van der Waals surface area contributed by atoms with Crippen LogP contribution in [0, 0.1) is 0 Å². The number of hydrogen-bond acceptors (Lipinski definition) is 7. The lowest BCUT2D eigenvalue weighted by molar-refractivity contribution is -0.870. The van der Waals surface area contributed by atoms with Crippen LogP contribution < -0.4 is 10.2 Å². The van der Waals surface area contributed by atoms with Crippen molar-refractivity contribution in [1.82, 2.24) is 5.32 Å². The molecule has 0 saturated carbocycles. The molecule has 0 aromatic rings. The zero-order chi connectivity index (χ0) is 60.7. The molecule has 0 aliphatic carbocycles. The van der Waals surface area contributed by atoms with Crippen LogP contribution >= 0.6 is 7.82 Å². The second kappa shape index (κ2) is 62.8. The van der Waals surface area contributed by atoms with Gasteiger partial charge >= 0.3 is 5.97 Å². The van der Waals surface area contributed by atoms with Gasteiger partial charge in [0, 0.05) is 12.8 Å². The number of phosphoric ester groups is 1. The Bertz CT molecular complexity index is 1600. The predicted octanol–water partition coefficient (Wildman–Crippen LogP) is 21.9. The number of amides is 1. The van der Waals surface area contributed by atoms with Gasteiger partial charge in [-0.05, 0) is 76.7 Å². The van der Waals surface area contributed by atoms with E-state index >= 15 is 0 Å². The molecule has 83 heavy (non-hydrogen) atoms. The van der Waals surface area contributed by atoms with Crippen molar-refractivity contribution >= 4 is 19.7 Å². The zero-order valence-electron chi connectivity index (χ0n) is 55.7. The van der Waals surface area contributed by atoms with Gasteiger partial charge in [0.2, 0.25) is 5.91 Å². The van der Waals surface area contributed by atoms with E-state index in [0.717, 1.165) is 77.0 Å². The number of carbonyl (C=O) groups excluding carboxylic acids is 2. The lowest BCUT2D eigenvalue weighted by atomic mass is 10.0.